The zero-order valence-corrected chi connectivity index (χ0v) is 27.8. The molecule has 0 saturated heterocycles. The van der Waals surface area contributed by atoms with E-state index >= 15 is 0 Å². The van der Waals surface area contributed by atoms with Gasteiger partial charge in [0.15, 0.2) is 11.6 Å². The number of ketones is 2. The van der Waals surface area contributed by atoms with Gasteiger partial charge in [-0.25, -0.2) is 4.98 Å². The third-order valence-electron chi connectivity index (χ3n) is 9.52. The Labute approximate surface area is 281 Å². The van der Waals surface area contributed by atoms with Crippen molar-refractivity contribution in [3.63, 3.8) is 0 Å². The molecule has 1 aliphatic rings. The third kappa shape index (κ3) is 8.13. The van der Waals surface area contributed by atoms with E-state index < -0.39 is 30.1 Å². The van der Waals surface area contributed by atoms with Crippen LogP contribution in [0, 0.1) is 23.7 Å². The monoisotopic (exact) mass is 656 g/mol. The summed E-state index contributed by atoms with van der Waals surface area (Å²) in [7, 11) is 0. The summed E-state index contributed by atoms with van der Waals surface area (Å²) in [5.74, 6) is -1.02. The molecule has 256 valence electrons. The van der Waals surface area contributed by atoms with E-state index in [0.29, 0.717) is 33.7 Å². The van der Waals surface area contributed by atoms with Crippen LogP contribution in [0.3, 0.4) is 0 Å². The van der Waals surface area contributed by atoms with Gasteiger partial charge in [0.2, 0.25) is 0 Å². The third-order valence-corrected chi connectivity index (χ3v) is 9.52. The predicted octanol–water partition coefficient (Wildman–Crippen LogP) is 5.06. The van der Waals surface area contributed by atoms with Crippen LogP contribution in [0.4, 0.5) is 0 Å². The number of rotatable bonds is 16. The molecule has 48 heavy (non-hydrogen) atoms. The molecule has 0 amide bonds. The minimum atomic E-state index is -1.54. The molecule has 1 fully saturated rings. The Morgan fingerprint density at radius 3 is 2.29 bits per heavy atom. The van der Waals surface area contributed by atoms with Gasteiger partial charge in [-0.2, -0.15) is 0 Å². The Kier molecular flexibility index (Phi) is 12.0. The molecule has 1 saturated carbocycles. The minimum Gasteiger partial charge on any atom is -0.490 e. The van der Waals surface area contributed by atoms with E-state index in [-0.39, 0.29) is 43.2 Å². The highest BCUT2D eigenvalue weighted by molar-refractivity contribution is 6.02. The van der Waals surface area contributed by atoms with Crippen molar-refractivity contribution in [1.82, 2.24) is 9.97 Å². The van der Waals surface area contributed by atoms with Crippen molar-refractivity contribution in [2.24, 2.45) is 35.1 Å². The van der Waals surface area contributed by atoms with Crippen molar-refractivity contribution in [3.8, 4) is 11.5 Å². The molecule has 0 radical (unpaired) electrons. The molecule has 0 aliphatic heterocycles. The van der Waals surface area contributed by atoms with Crippen LogP contribution in [0.5, 0.6) is 11.5 Å². The molecule has 1 aromatic heterocycles. The molecule has 10 heteroatoms. The molecular formula is C38H48N4O6. The maximum atomic E-state index is 14.4. The summed E-state index contributed by atoms with van der Waals surface area (Å²) in [6.45, 7) is 4.38. The first kappa shape index (κ1) is 35.2. The summed E-state index contributed by atoms with van der Waals surface area (Å²) in [6.07, 6.45) is 1.48. The van der Waals surface area contributed by atoms with E-state index in [4.69, 9.17) is 20.9 Å². The number of nitrogens with two attached hydrogens (primary N) is 2. The van der Waals surface area contributed by atoms with Crippen LogP contribution in [-0.4, -0.2) is 63.2 Å². The highest BCUT2D eigenvalue weighted by Gasteiger charge is 2.44. The Balaban J connectivity index is 1.36. The maximum absolute atomic E-state index is 14.4. The molecule has 4 aromatic rings. The average Bonchev–Trinajstić information content (AvgIpc) is 3.53. The summed E-state index contributed by atoms with van der Waals surface area (Å²) in [5, 5.41) is 23.4. The summed E-state index contributed by atoms with van der Waals surface area (Å²) < 4.78 is 11.8. The number of fused-ring (bicyclic) bond motifs is 1. The van der Waals surface area contributed by atoms with Gasteiger partial charge in [-0.3, -0.25) is 9.59 Å². The molecule has 5 unspecified atom stereocenters. The lowest BCUT2D eigenvalue weighted by molar-refractivity contribution is -0.0450. The summed E-state index contributed by atoms with van der Waals surface area (Å²) in [6, 6.07) is 20.4. The number of imidazole rings is 1. The Bertz CT molecular complexity index is 1650. The number of hydrogen-bond acceptors (Lipinski definition) is 9. The lowest BCUT2D eigenvalue weighted by atomic mass is 9.70. The second kappa shape index (κ2) is 16.3. The number of para-hydroxylation sites is 2. The first-order valence-corrected chi connectivity index (χ1v) is 17.0. The predicted molar refractivity (Wildman–Crippen MR) is 185 cm³/mol. The van der Waals surface area contributed by atoms with Crippen molar-refractivity contribution < 1.29 is 29.3 Å². The normalized spacial score (nSPS) is 17.1. The van der Waals surface area contributed by atoms with Crippen molar-refractivity contribution >= 4 is 22.6 Å². The largest absolute Gasteiger partial charge is 0.490 e. The van der Waals surface area contributed by atoms with E-state index in [1.807, 2.05) is 44.2 Å². The Hall–Kier alpha value is -4.09. The van der Waals surface area contributed by atoms with Crippen molar-refractivity contribution in [3.05, 3.63) is 89.7 Å². The van der Waals surface area contributed by atoms with Crippen LogP contribution in [0.2, 0.25) is 0 Å². The lowest BCUT2D eigenvalue weighted by Crippen LogP contribution is -2.55. The van der Waals surface area contributed by atoms with Gasteiger partial charge in [-0.15, -0.1) is 0 Å². The number of hydrogen-bond donors (Lipinski definition) is 5. The number of aliphatic hydroxyl groups excluding tert-OH is 2. The van der Waals surface area contributed by atoms with E-state index in [9.17, 15) is 19.8 Å². The van der Waals surface area contributed by atoms with E-state index in [2.05, 4.69) is 9.97 Å². The molecule has 5 atom stereocenters. The number of aliphatic hydroxyl groups is 2. The summed E-state index contributed by atoms with van der Waals surface area (Å²) in [5.41, 5.74) is 14.6. The number of carbonyl (C=O) groups is 2. The van der Waals surface area contributed by atoms with Crippen molar-refractivity contribution in [2.45, 2.75) is 70.7 Å². The number of nitrogens with one attached hydrogen (secondary N) is 1. The molecule has 5 rings (SSSR count). The van der Waals surface area contributed by atoms with E-state index in [0.717, 1.165) is 37.9 Å². The number of aromatic nitrogens is 2. The SMILES string of the molecule is CC(C)C(C(=O)c1ccc2nc(CN)[nH]c2c1)C(O)C(O)C(N)C(C(=O)c1ccccc1OCCOc1ccccc1)C1CCCCC1. The van der Waals surface area contributed by atoms with Crippen LogP contribution in [-0.2, 0) is 6.54 Å². The Morgan fingerprint density at radius 1 is 0.896 bits per heavy atom. The van der Waals surface area contributed by atoms with Crippen molar-refractivity contribution in [2.75, 3.05) is 13.2 Å². The molecule has 10 nitrogen and oxygen atoms in total. The standard InChI is InChI=1S/C38H48N4O6/c1-23(2)32(35(43)25-17-18-28-29(21-25)42-31(22-39)41-28)37(45)38(46)34(40)33(24-11-5-3-6-12-24)36(44)27-15-9-10-16-30(27)48-20-19-47-26-13-7-4-8-14-26/h4,7-10,13-18,21,23-24,32-34,37-38,45-46H,3,5-6,11-12,19-20,22,39-40H2,1-2H3,(H,41,42). The number of ether oxygens (including phenoxy) is 2. The van der Waals surface area contributed by atoms with Gasteiger partial charge in [0.1, 0.15) is 30.5 Å². The summed E-state index contributed by atoms with van der Waals surface area (Å²) in [4.78, 5) is 35.8. The second-order valence-electron chi connectivity index (χ2n) is 13.1. The smallest absolute Gasteiger partial charge is 0.171 e. The molecule has 7 N–H and O–H groups in total. The zero-order valence-electron chi connectivity index (χ0n) is 27.8. The molecule has 0 spiro atoms. The molecule has 1 heterocycles. The average molecular weight is 657 g/mol. The molecule has 0 bridgehead atoms. The molecule has 3 aromatic carbocycles. The zero-order chi connectivity index (χ0) is 34.2. The molecular weight excluding hydrogens is 608 g/mol. The van der Waals surface area contributed by atoms with E-state index in [1.54, 1.807) is 42.5 Å². The van der Waals surface area contributed by atoms with Gasteiger partial charge >= 0.3 is 0 Å². The van der Waals surface area contributed by atoms with Gasteiger partial charge in [0.05, 0.1) is 41.3 Å². The van der Waals surface area contributed by atoms with Crippen LogP contribution in [0.15, 0.2) is 72.8 Å². The number of benzene rings is 3. The van der Waals surface area contributed by atoms with Gasteiger partial charge in [0.25, 0.3) is 0 Å². The van der Waals surface area contributed by atoms with Gasteiger partial charge in [0, 0.05) is 17.5 Å². The number of Topliss-reactive ketones (excluding diaryl/α,β-unsaturated/α-hetero) is 2. The number of H-pyrrole nitrogens is 1. The van der Waals surface area contributed by atoms with Gasteiger partial charge in [-0.1, -0.05) is 63.4 Å². The number of nitrogens with zero attached hydrogens (tertiary/aromatic N) is 1. The maximum Gasteiger partial charge on any atom is 0.171 e. The Morgan fingerprint density at radius 2 is 1.58 bits per heavy atom. The first-order valence-electron chi connectivity index (χ1n) is 17.0. The van der Waals surface area contributed by atoms with Gasteiger partial charge < -0.3 is 36.1 Å². The van der Waals surface area contributed by atoms with Crippen LogP contribution >= 0.6 is 0 Å². The molecule has 1 aliphatic carbocycles. The van der Waals surface area contributed by atoms with Crippen LogP contribution in [0.1, 0.15) is 72.5 Å². The van der Waals surface area contributed by atoms with Gasteiger partial charge in [-0.05, 0) is 67.1 Å². The van der Waals surface area contributed by atoms with Crippen LogP contribution in [0.25, 0.3) is 11.0 Å². The van der Waals surface area contributed by atoms with Crippen LogP contribution < -0.4 is 20.9 Å². The van der Waals surface area contributed by atoms with Crippen molar-refractivity contribution in [1.29, 1.82) is 0 Å². The highest BCUT2D eigenvalue weighted by Crippen LogP contribution is 2.37. The fraction of sp³-hybridized carbons (Fsp3) is 0.447. The van der Waals surface area contributed by atoms with E-state index in [1.165, 1.54) is 0 Å². The second-order valence-corrected chi connectivity index (χ2v) is 13.1. The number of carbonyl (C=O) groups excluding carboxylic acids is 2. The first-order chi connectivity index (χ1) is 23.2. The summed E-state index contributed by atoms with van der Waals surface area (Å²) >= 11 is 0. The fourth-order valence-corrected chi connectivity index (χ4v) is 7.01. The lowest BCUT2D eigenvalue weighted by Gasteiger charge is -2.38. The highest BCUT2D eigenvalue weighted by atomic mass is 16.5. The minimum absolute atomic E-state index is 0.0923. The quantitative estimate of drug-likeness (QED) is 0.0816. The topological polar surface area (TPSA) is 174 Å². The fourth-order valence-electron chi connectivity index (χ4n) is 7.01. The number of aromatic amines is 1.